The molecule has 1 aliphatic heterocycles. The SMILES string of the molecule is C=CC1=CCCC2=C1OBO2. The second kappa shape index (κ2) is 2.49. The first-order valence-corrected chi connectivity index (χ1v) is 3.73. The van der Waals surface area contributed by atoms with E-state index in [1.165, 1.54) is 0 Å². The van der Waals surface area contributed by atoms with E-state index in [2.05, 4.69) is 12.7 Å². The molecule has 2 aliphatic rings. The Balaban J connectivity index is 2.34. The Hall–Kier alpha value is -1.12. The van der Waals surface area contributed by atoms with Gasteiger partial charge in [-0.1, -0.05) is 18.7 Å². The third kappa shape index (κ3) is 0.966. The molecule has 0 aromatic rings. The zero-order valence-corrected chi connectivity index (χ0v) is 6.30. The van der Waals surface area contributed by atoms with Crippen molar-refractivity contribution in [2.45, 2.75) is 12.8 Å². The number of rotatable bonds is 1. The maximum Gasteiger partial charge on any atom is 0.576 e. The van der Waals surface area contributed by atoms with Crippen molar-refractivity contribution in [3.05, 3.63) is 35.8 Å². The van der Waals surface area contributed by atoms with E-state index in [1.807, 2.05) is 6.08 Å². The fourth-order valence-electron chi connectivity index (χ4n) is 1.36. The van der Waals surface area contributed by atoms with Crippen molar-refractivity contribution < 1.29 is 9.31 Å². The summed E-state index contributed by atoms with van der Waals surface area (Å²) in [4.78, 5) is 0. The molecule has 0 bridgehead atoms. The summed E-state index contributed by atoms with van der Waals surface area (Å²) in [6, 6.07) is 0. The number of allylic oxidation sites excluding steroid dienone is 3. The summed E-state index contributed by atoms with van der Waals surface area (Å²) >= 11 is 0. The Labute approximate surface area is 66.5 Å². The maximum absolute atomic E-state index is 5.28. The topological polar surface area (TPSA) is 18.5 Å². The first-order chi connectivity index (χ1) is 5.42. The van der Waals surface area contributed by atoms with E-state index < -0.39 is 0 Å². The quantitative estimate of drug-likeness (QED) is 0.523. The van der Waals surface area contributed by atoms with Crippen LogP contribution in [0.1, 0.15) is 12.8 Å². The molecule has 0 amide bonds. The molecule has 3 heteroatoms. The first-order valence-electron chi connectivity index (χ1n) is 3.73. The van der Waals surface area contributed by atoms with Crippen molar-refractivity contribution in [2.24, 2.45) is 0 Å². The predicted octanol–water partition coefficient (Wildman–Crippen LogP) is 1.42. The van der Waals surface area contributed by atoms with Gasteiger partial charge in [-0.2, -0.15) is 0 Å². The smallest absolute Gasteiger partial charge is 0.529 e. The maximum atomic E-state index is 5.28. The molecule has 1 heterocycles. The van der Waals surface area contributed by atoms with Crippen LogP contribution in [0.25, 0.3) is 0 Å². The summed E-state index contributed by atoms with van der Waals surface area (Å²) in [5, 5.41) is 0. The average Bonchev–Trinajstić information content (AvgIpc) is 2.50. The molecule has 2 nitrogen and oxygen atoms in total. The van der Waals surface area contributed by atoms with E-state index in [0.717, 1.165) is 29.9 Å². The van der Waals surface area contributed by atoms with Gasteiger partial charge in [0.15, 0.2) is 0 Å². The van der Waals surface area contributed by atoms with E-state index >= 15 is 0 Å². The molecule has 0 N–H and O–H groups in total. The fraction of sp³-hybridized carbons (Fsp3) is 0.250. The zero-order valence-electron chi connectivity index (χ0n) is 6.30. The lowest BCUT2D eigenvalue weighted by Gasteiger charge is -2.10. The zero-order chi connectivity index (χ0) is 7.68. The minimum absolute atomic E-state index is 0.371. The van der Waals surface area contributed by atoms with Gasteiger partial charge in [-0.3, -0.25) is 0 Å². The minimum atomic E-state index is 0.371. The van der Waals surface area contributed by atoms with Gasteiger partial charge in [-0.25, -0.2) is 0 Å². The lowest BCUT2D eigenvalue weighted by molar-refractivity contribution is 0.407. The van der Waals surface area contributed by atoms with Gasteiger partial charge in [-0.15, -0.1) is 0 Å². The lowest BCUT2D eigenvalue weighted by atomic mass is 10.0. The van der Waals surface area contributed by atoms with E-state index in [4.69, 9.17) is 9.31 Å². The van der Waals surface area contributed by atoms with Gasteiger partial charge in [0, 0.05) is 12.0 Å². The highest BCUT2D eigenvalue weighted by Crippen LogP contribution is 2.30. The normalized spacial score (nSPS) is 20.9. The van der Waals surface area contributed by atoms with E-state index in [9.17, 15) is 0 Å². The van der Waals surface area contributed by atoms with Gasteiger partial charge in [-0.05, 0) is 6.42 Å². The summed E-state index contributed by atoms with van der Waals surface area (Å²) in [5.74, 6) is 1.88. The molecule has 1 aliphatic carbocycles. The van der Waals surface area contributed by atoms with Crippen LogP contribution < -0.4 is 0 Å². The summed E-state index contributed by atoms with van der Waals surface area (Å²) in [6.07, 6.45) is 5.93. The van der Waals surface area contributed by atoms with Crippen LogP contribution in [0.5, 0.6) is 0 Å². The molecule has 0 fully saturated rings. The molecular weight excluding hydrogens is 139 g/mol. The predicted molar refractivity (Wildman–Crippen MR) is 43.9 cm³/mol. The highest BCUT2D eigenvalue weighted by atomic mass is 16.6. The summed E-state index contributed by atoms with van der Waals surface area (Å²) in [5.41, 5.74) is 1.07. The molecule has 2 rings (SSSR count). The third-order valence-electron chi connectivity index (χ3n) is 1.91. The van der Waals surface area contributed by atoms with E-state index in [-0.39, 0.29) is 0 Å². The van der Waals surface area contributed by atoms with Gasteiger partial charge >= 0.3 is 7.69 Å². The number of hydrogen-bond donors (Lipinski definition) is 0. The highest BCUT2D eigenvalue weighted by molar-refractivity contribution is 6.20. The molecule has 0 unspecified atom stereocenters. The molecule has 0 saturated carbocycles. The third-order valence-corrected chi connectivity index (χ3v) is 1.91. The molecule has 56 valence electrons. The van der Waals surface area contributed by atoms with Gasteiger partial charge < -0.3 is 9.31 Å². The van der Waals surface area contributed by atoms with Gasteiger partial charge in [0.25, 0.3) is 0 Å². The van der Waals surface area contributed by atoms with Crippen LogP contribution in [-0.4, -0.2) is 7.69 Å². The first kappa shape index (κ1) is 6.59. The van der Waals surface area contributed by atoms with Gasteiger partial charge in [0.2, 0.25) is 0 Å². The Morgan fingerprint density at radius 3 is 3.27 bits per heavy atom. The highest BCUT2D eigenvalue weighted by Gasteiger charge is 2.23. The van der Waals surface area contributed by atoms with Crippen LogP contribution in [0.3, 0.4) is 0 Å². The Kier molecular flexibility index (Phi) is 1.49. The second-order valence-corrected chi connectivity index (χ2v) is 2.56. The summed E-state index contributed by atoms with van der Waals surface area (Å²) in [7, 11) is 0.371. The van der Waals surface area contributed by atoms with E-state index in [1.54, 1.807) is 0 Å². The number of hydrogen-bond acceptors (Lipinski definition) is 2. The van der Waals surface area contributed by atoms with E-state index in [0.29, 0.717) is 7.69 Å². The van der Waals surface area contributed by atoms with Crippen LogP contribution in [0.15, 0.2) is 35.8 Å². The van der Waals surface area contributed by atoms with Crippen LogP contribution in [0, 0.1) is 0 Å². The molecular formula is C8H9BO2. The van der Waals surface area contributed by atoms with Crippen LogP contribution in [0.4, 0.5) is 0 Å². The average molecular weight is 148 g/mol. The molecule has 11 heavy (non-hydrogen) atoms. The van der Waals surface area contributed by atoms with Crippen molar-refractivity contribution in [2.75, 3.05) is 0 Å². The fourth-order valence-corrected chi connectivity index (χ4v) is 1.36. The standard InChI is InChI=1S/C8H9BO2/c1-2-6-4-3-5-7-8(6)11-9-10-7/h2,4,9H,1,3,5H2. The largest absolute Gasteiger partial charge is 0.576 e. The van der Waals surface area contributed by atoms with Crippen molar-refractivity contribution >= 4 is 7.69 Å². The minimum Gasteiger partial charge on any atom is -0.529 e. The molecule has 0 spiro atoms. The lowest BCUT2D eigenvalue weighted by Crippen LogP contribution is -1.95. The van der Waals surface area contributed by atoms with Crippen molar-refractivity contribution in [3.63, 3.8) is 0 Å². The van der Waals surface area contributed by atoms with Crippen LogP contribution in [-0.2, 0) is 9.31 Å². The van der Waals surface area contributed by atoms with Crippen molar-refractivity contribution in [1.29, 1.82) is 0 Å². The molecule has 0 atom stereocenters. The molecule has 0 aromatic carbocycles. The molecule has 0 aromatic heterocycles. The monoisotopic (exact) mass is 148 g/mol. The second-order valence-electron chi connectivity index (χ2n) is 2.56. The summed E-state index contributed by atoms with van der Waals surface area (Å²) < 4.78 is 10.5. The van der Waals surface area contributed by atoms with Crippen LogP contribution >= 0.6 is 0 Å². The summed E-state index contributed by atoms with van der Waals surface area (Å²) in [6.45, 7) is 3.71. The Bertz CT molecular complexity index is 253. The Morgan fingerprint density at radius 1 is 1.55 bits per heavy atom. The van der Waals surface area contributed by atoms with Gasteiger partial charge in [0.1, 0.15) is 11.5 Å². The Morgan fingerprint density at radius 2 is 2.45 bits per heavy atom. The van der Waals surface area contributed by atoms with Crippen molar-refractivity contribution in [1.82, 2.24) is 0 Å². The molecule has 0 radical (unpaired) electrons. The van der Waals surface area contributed by atoms with Crippen LogP contribution in [0.2, 0.25) is 0 Å². The van der Waals surface area contributed by atoms with Crippen molar-refractivity contribution in [3.8, 4) is 0 Å². The van der Waals surface area contributed by atoms with Gasteiger partial charge in [0.05, 0.1) is 0 Å². The molecule has 0 saturated heterocycles.